The van der Waals surface area contributed by atoms with Gasteiger partial charge in [0.15, 0.2) is 0 Å². The van der Waals surface area contributed by atoms with Crippen LogP contribution < -0.4 is 5.32 Å². The molecule has 1 aromatic rings. The van der Waals surface area contributed by atoms with Crippen LogP contribution in [0, 0.1) is 11.8 Å². The Bertz CT molecular complexity index is 751. The molecule has 0 radical (unpaired) electrons. The van der Waals surface area contributed by atoms with Gasteiger partial charge >= 0.3 is 5.97 Å². The van der Waals surface area contributed by atoms with Crippen LogP contribution in [0.3, 0.4) is 0 Å². The van der Waals surface area contributed by atoms with Crippen LogP contribution >= 0.6 is 0 Å². The average molecular weight is 393 g/mol. The molecule has 0 spiro atoms. The largest absolute Gasteiger partial charge is 0.480 e. The van der Waals surface area contributed by atoms with Gasteiger partial charge in [0.05, 0.1) is 6.61 Å². The zero-order chi connectivity index (χ0) is 20.8. The lowest BCUT2D eigenvalue weighted by molar-refractivity contribution is -0.214. The molecule has 1 amide bonds. The molecule has 6 N–H and O–H groups in total. The normalized spacial score (nSPS) is 28.0. The summed E-state index contributed by atoms with van der Waals surface area (Å²) in [5, 5.41) is 50.1. The highest BCUT2D eigenvalue weighted by atomic mass is 16.5. The van der Waals surface area contributed by atoms with Crippen molar-refractivity contribution in [1.29, 1.82) is 0 Å². The summed E-state index contributed by atoms with van der Waals surface area (Å²) in [5.41, 5.74) is 1.23. The van der Waals surface area contributed by atoms with Crippen LogP contribution in [0.5, 0.6) is 0 Å². The van der Waals surface area contributed by atoms with Crippen molar-refractivity contribution in [1.82, 2.24) is 5.32 Å². The minimum absolute atomic E-state index is 0.106. The van der Waals surface area contributed by atoms with Gasteiger partial charge in [0.25, 0.3) is 0 Å². The summed E-state index contributed by atoms with van der Waals surface area (Å²) in [6, 6.07) is 5.56. The molecule has 0 saturated carbocycles. The van der Waals surface area contributed by atoms with E-state index in [1.165, 1.54) is 6.92 Å². The van der Waals surface area contributed by atoms with Crippen molar-refractivity contribution in [3.63, 3.8) is 0 Å². The zero-order valence-corrected chi connectivity index (χ0v) is 15.1. The van der Waals surface area contributed by atoms with E-state index in [9.17, 15) is 30.0 Å². The summed E-state index contributed by atoms with van der Waals surface area (Å²) in [5.74, 6) is 3.84. The van der Waals surface area contributed by atoms with Gasteiger partial charge in [0.2, 0.25) is 5.91 Å². The maximum atomic E-state index is 11.2. The van der Waals surface area contributed by atoms with E-state index < -0.39 is 55.0 Å². The minimum atomic E-state index is -1.49. The predicted octanol–water partition coefficient (Wildman–Crippen LogP) is -1.99. The van der Waals surface area contributed by atoms with E-state index in [-0.39, 0.29) is 6.42 Å². The van der Waals surface area contributed by atoms with Crippen LogP contribution in [0.1, 0.15) is 18.1 Å². The Morgan fingerprint density at radius 3 is 2.32 bits per heavy atom. The molecule has 0 bridgehead atoms. The summed E-state index contributed by atoms with van der Waals surface area (Å²) in [6.45, 7) is 0.713. The average Bonchev–Trinajstić information content (AvgIpc) is 2.66. The standard InChI is InChI=1S/C19H23NO8/c1-10(22)20-13(19(26)27)8-12-4-2-11(3-5-12)6-7-14-16(23)18(25)17(24)15(9-21)28-14/h2-5,13-18,21,23-25H,8-9H2,1H3,(H,20,22)(H,26,27)/t13-,14+,15-,16+,17+,18-/m1/s1. The molecule has 0 aliphatic carbocycles. The number of carboxylic acid groups (broad SMARTS) is 1. The van der Waals surface area contributed by atoms with Gasteiger partial charge in [-0.05, 0) is 17.7 Å². The summed E-state index contributed by atoms with van der Waals surface area (Å²) in [6.07, 6.45) is -6.38. The Hall–Kier alpha value is -2.48. The molecule has 9 heteroatoms. The number of aliphatic carboxylic acids is 1. The van der Waals surface area contributed by atoms with Gasteiger partial charge < -0.3 is 35.6 Å². The molecule has 1 aliphatic rings. The number of ether oxygens (including phenoxy) is 1. The van der Waals surface area contributed by atoms with Crippen LogP contribution in [0.25, 0.3) is 0 Å². The Kier molecular flexibility index (Phi) is 7.51. The first kappa shape index (κ1) is 21.8. The number of aliphatic hydroxyl groups is 4. The van der Waals surface area contributed by atoms with Crippen molar-refractivity contribution >= 4 is 11.9 Å². The lowest BCUT2D eigenvalue weighted by Crippen LogP contribution is -2.58. The number of hydrogen-bond acceptors (Lipinski definition) is 7. The number of carboxylic acids is 1. The molecule has 28 heavy (non-hydrogen) atoms. The van der Waals surface area contributed by atoms with Crippen LogP contribution in [0.15, 0.2) is 24.3 Å². The minimum Gasteiger partial charge on any atom is -0.480 e. The number of carbonyl (C=O) groups excluding carboxylic acids is 1. The fourth-order valence-corrected chi connectivity index (χ4v) is 2.78. The maximum Gasteiger partial charge on any atom is 0.326 e. The Balaban J connectivity index is 2.06. The fraction of sp³-hybridized carbons (Fsp3) is 0.474. The highest BCUT2D eigenvalue weighted by Gasteiger charge is 2.42. The monoisotopic (exact) mass is 393 g/mol. The lowest BCUT2D eigenvalue weighted by Gasteiger charge is -2.37. The first-order valence-electron chi connectivity index (χ1n) is 8.63. The quantitative estimate of drug-likeness (QED) is 0.314. The molecule has 6 atom stereocenters. The van der Waals surface area contributed by atoms with E-state index in [2.05, 4.69) is 17.2 Å². The van der Waals surface area contributed by atoms with E-state index in [4.69, 9.17) is 9.84 Å². The van der Waals surface area contributed by atoms with Crippen LogP contribution in [0.2, 0.25) is 0 Å². The predicted molar refractivity (Wildman–Crippen MR) is 96.0 cm³/mol. The highest BCUT2D eigenvalue weighted by molar-refractivity contribution is 5.82. The number of nitrogens with one attached hydrogen (secondary N) is 1. The fourth-order valence-electron chi connectivity index (χ4n) is 2.78. The van der Waals surface area contributed by atoms with Crippen molar-refractivity contribution in [2.45, 2.75) is 49.9 Å². The highest BCUT2D eigenvalue weighted by Crippen LogP contribution is 2.20. The SMILES string of the molecule is CC(=O)N[C@H](Cc1ccc(C#C[C@@H]2O[C@H](CO)[C@H](O)[C@H](O)[C@H]2O)cc1)C(=O)O. The molecule has 1 saturated heterocycles. The van der Waals surface area contributed by atoms with Crippen molar-refractivity contribution in [2.75, 3.05) is 6.61 Å². The Morgan fingerprint density at radius 2 is 1.79 bits per heavy atom. The summed E-state index contributed by atoms with van der Waals surface area (Å²) in [4.78, 5) is 22.3. The third kappa shape index (κ3) is 5.51. The first-order valence-corrected chi connectivity index (χ1v) is 8.63. The maximum absolute atomic E-state index is 11.2. The number of aliphatic hydroxyl groups excluding tert-OH is 4. The van der Waals surface area contributed by atoms with E-state index in [1.807, 2.05) is 0 Å². The zero-order valence-electron chi connectivity index (χ0n) is 15.1. The van der Waals surface area contributed by atoms with Gasteiger partial charge in [-0.15, -0.1) is 0 Å². The molecular weight excluding hydrogens is 370 g/mol. The topological polar surface area (TPSA) is 157 Å². The molecular formula is C19H23NO8. The second-order valence-corrected chi connectivity index (χ2v) is 6.51. The number of hydrogen-bond donors (Lipinski definition) is 6. The van der Waals surface area contributed by atoms with E-state index in [0.717, 1.165) is 0 Å². The molecule has 1 fully saturated rings. The van der Waals surface area contributed by atoms with E-state index in [1.54, 1.807) is 24.3 Å². The van der Waals surface area contributed by atoms with Gasteiger partial charge in [0, 0.05) is 18.9 Å². The van der Waals surface area contributed by atoms with Crippen LogP contribution in [-0.4, -0.2) is 80.6 Å². The molecule has 1 aliphatic heterocycles. The Labute approximate surface area is 161 Å². The van der Waals surface area contributed by atoms with Crippen molar-refractivity contribution in [3.05, 3.63) is 35.4 Å². The smallest absolute Gasteiger partial charge is 0.326 e. The van der Waals surface area contributed by atoms with Gasteiger partial charge in [0.1, 0.15) is 36.6 Å². The van der Waals surface area contributed by atoms with Gasteiger partial charge in [-0.1, -0.05) is 24.0 Å². The summed E-state index contributed by atoms with van der Waals surface area (Å²) >= 11 is 0. The number of rotatable bonds is 5. The van der Waals surface area contributed by atoms with Gasteiger partial charge in [-0.2, -0.15) is 0 Å². The molecule has 1 heterocycles. The van der Waals surface area contributed by atoms with E-state index >= 15 is 0 Å². The van der Waals surface area contributed by atoms with Crippen molar-refractivity contribution in [2.24, 2.45) is 0 Å². The van der Waals surface area contributed by atoms with Gasteiger partial charge in [-0.25, -0.2) is 4.79 Å². The number of benzene rings is 1. The molecule has 9 nitrogen and oxygen atoms in total. The van der Waals surface area contributed by atoms with E-state index in [0.29, 0.717) is 11.1 Å². The first-order chi connectivity index (χ1) is 13.2. The molecule has 0 unspecified atom stereocenters. The third-order valence-corrected chi connectivity index (χ3v) is 4.32. The van der Waals surface area contributed by atoms with Crippen molar-refractivity contribution in [3.8, 4) is 11.8 Å². The summed E-state index contributed by atoms with van der Waals surface area (Å²) < 4.78 is 5.30. The van der Waals surface area contributed by atoms with Crippen LogP contribution in [0.4, 0.5) is 0 Å². The number of carbonyl (C=O) groups is 2. The third-order valence-electron chi connectivity index (χ3n) is 4.32. The van der Waals surface area contributed by atoms with Crippen LogP contribution in [-0.2, 0) is 20.7 Å². The second-order valence-electron chi connectivity index (χ2n) is 6.51. The molecule has 2 rings (SSSR count). The second kappa shape index (κ2) is 9.64. The Morgan fingerprint density at radius 1 is 1.14 bits per heavy atom. The molecule has 1 aromatic carbocycles. The molecule has 152 valence electrons. The summed E-state index contributed by atoms with van der Waals surface area (Å²) in [7, 11) is 0. The number of amides is 1. The lowest BCUT2D eigenvalue weighted by atomic mass is 9.95. The molecule has 0 aromatic heterocycles. The van der Waals surface area contributed by atoms with Crippen molar-refractivity contribution < 1.29 is 39.9 Å². The van der Waals surface area contributed by atoms with Gasteiger partial charge in [-0.3, -0.25) is 4.79 Å².